The highest BCUT2D eigenvalue weighted by atomic mass is 16.5. The molecule has 0 atom stereocenters. The summed E-state index contributed by atoms with van der Waals surface area (Å²) < 4.78 is 7.01. The molecule has 2 amide bonds. The minimum absolute atomic E-state index is 0.290. The number of rotatable bonds is 4. The maximum atomic E-state index is 13.3. The first-order valence-electron chi connectivity index (χ1n) is 9.51. The van der Waals surface area contributed by atoms with Gasteiger partial charge in [-0.15, -0.1) is 0 Å². The van der Waals surface area contributed by atoms with Gasteiger partial charge in [-0.25, -0.2) is 14.6 Å². The molecule has 2 aromatic carbocycles. The molecular weight excluding hydrogens is 380 g/mol. The van der Waals surface area contributed by atoms with Crippen LogP contribution in [0.1, 0.15) is 32.0 Å². The van der Waals surface area contributed by atoms with E-state index in [0.717, 1.165) is 5.56 Å². The van der Waals surface area contributed by atoms with Gasteiger partial charge in [-0.05, 0) is 24.6 Å². The van der Waals surface area contributed by atoms with Gasteiger partial charge in [0, 0.05) is 12.3 Å². The van der Waals surface area contributed by atoms with Gasteiger partial charge in [-0.2, -0.15) is 5.10 Å². The highest BCUT2D eigenvalue weighted by Gasteiger charge is 2.40. The molecule has 2 aromatic heterocycles. The Hall–Kier alpha value is -4.00. The lowest BCUT2D eigenvalue weighted by Gasteiger charge is -2.14. The zero-order chi connectivity index (χ0) is 20.8. The SMILES string of the molecule is COc1cccc(N2C(=O)c3cnc4c(c(C)nn4Cc4ccccc4)c3C2=O)c1. The van der Waals surface area contributed by atoms with Crippen LogP contribution in [0.25, 0.3) is 11.0 Å². The lowest BCUT2D eigenvalue weighted by atomic mass is 10.1. The van der Waals surface area contributed by atoms with Gasteiger partial charge in [0.05, 0.1) is 41.5 Å². The van der Waals surface area contributed by atoms with Crippen LogP contribution in [-0.2, 0) is 6.54 Å². The van der Waals surface area contributed by atoms with Gasteiger partial charge in [0.1, 0.15) is 5.75 Å². The van der Waals surface area contributed by atoms with E-state index in [9.17, 15) is 9.59 Å². The molecule has 1 aliphatic heterocycles. The number of hydrogen-bond donors (Lipinski definition) is 0. The van der Waals surface area contributed by atoms with Gasteiger partial charge in [0.25, 0.3) is 11.8 Å². The normalized spacial score (nSPS) is 13.2. The zero-order valence-electron chi connectivity index (χ0n) is 16.5. The van der Waals surface area contributed by atoms with Gasteiger partial charge in [-0.1, -0.05) is 36.4 Å². The fraction of sp³-hybridized carbons (Fsp3) is 0.130. The second-order valence-electron chi connectivity index (χ2n) is 7.12. The van der Waals surface area contributed by atoms with Crippen LogP contribution < -0.4 is 9.64 Å². The van der Waals surface area contributed by atoms with Crippen LogP contribution in [0.15, 0.2) is 60.8 Å². The number of carbonyl (C=O) groups excluding carboxylic acids is 2. The third kappa shape index (κ3) is 2.67. The summed E-state index contributed by atoms with van der Waals surface area (Å²) in [6, 6.07) is 16.8. The third-order valence-electron chi connectivity index (χ3n) is 5.27. The van der Waals surface area contributed by atoms with Crippen LogP contribution in [0.5, 0.6) is 5.75 Å². The number of amides is 2. The van der Waals surface area contributed by atoms with Gasteiger partial charge >= 0.3 is 0 Å². The number of fused-ring (bicyclic) bond motifs is 3. The van der Waals surface area contributed by atoms with Crippen molar-refractivity contribution < 1.29 is 14.3 Å². The van der Waals surface area contributed by atoms with Gasteiger partial charge in [0.15, 0.2) is 5.65 Å². The number of methoxy groups -OCH3 is 1. The van der Waals surface area contributed by atoms with E-state index in [1.807, 2.05) is 37.3 Å². The first-order valence-corrected chi connectivity index (χ1v) is 9.51. The van der Waals surface area contributed by atoms with Crippen LogP contribution in [0, 0.1) is 6.92 Å². The average Bonchev–Trinajstić information content (AvgIpc) is 3.22. The number of nitrogens with zero attached hydrogens (tertiary/aromatic N) is 4. The van der Waals surface area contributed by atoms with Crippen LogP contribution in [0.3, 0.4) is 0 Å². The summed E-state index contributed by atoms with van der Waals surface area (Å²) in [6.45, 7) is 2.36. The molecule has 0 radical (unpaired) electrons. The second-order valence-corrected chi connectivity index (χ2v) is 7.12. The summed E-state index contributed by atoms with van der Waals surface area (Å²) in [7, 11) is 1.54. The molecular formula is C23H18N4O3. The Balaban J connectivity index is 1.63. The Morgan fingerprint density at radius 1 is 1.00 bits per heavy atom. The van der Waals surface area contributed by atoms with Crippen molar-refractivity contribution in [2.24, 2.45) is 0 Å². The van der Waals surface area contributed by atoms with E-state index in [1.165, 1.54) is 11.1 Å². The Morgan fingerprint density at radius 3 is 2.57 bits per heavy atom. The van der Waals surface area contributed by atoms with E-state index in [2.05, 4.69) is 10.1 Å². The zero-order valence-corrected chi connectivity index (χ0v) is 16.5. The van der Waals surface area contributed by atoms with E-state index in [1.54, 1.807) is 36.1 Å². The Labute approximate surface area is 172 Å². The summed E-state index contributed by atoms with van der Waals surface area (Å²) in [5.74, 6) is -0.204. The van der Waals surface area contributed by atoms with Crippen molar-refractivity contribution in [1.82, 2.24) is 14.8 Å². The molecule has 0 fully saturated rings. The molecule has 0 aliphatic carbocycles. The average molecular weight is 398 g/mol. The minimum Gasteiger partial charge on any atom is -0.497 e. The fourth-order valence-electron chi connectivity index (χ4n) is 3.88. The van der Waals surface area contributed by atoms with Crippen molar-refractivity contribution in [3.63, 3.8) is 0 Å². The van der Waals surface area contributed by atoms with Crippen LogP contribution in [0.4, 0.5) is 5.69 Å². The van der Waals surface area contributed by atoms with Crippen LogP contribution >= 0.6 is 0 Å². The monoisotopic (exact) mass is 398 g/mol. The molecule has 0 spiro atoms. The molecule has 3 heterocycles. The maximum absolute atomic E-state index is 13.3. The molecule has 1 aliphatic rings. The fourth-order valence-corrected chi connectivity index (χ4v) is 3.88. The van der Waals surface area contributed by atoms with Crippen molar-refractivity contribution in [3.8, 4) is 5.75 Å². The molecule has 4 aromatic rings. The van der Waals surface area contributed by atoms with Crippen molar-refractivity contribution in [1.29, 1.82) is 0 Å². The van der Waals surface area contributed by atoms with E-state index in [-0.39, 0.29) is 11.5 Å². The van der Waals surface area contributed by atoms with E-state index in [0.29, 0.717) is 40.3 Å². The molecule has 0 saturated heterocycles. The molecule has 7 heteroatoms. The standard InChI is InChI=1S/C23H18N4O3/c1-14-19-20-18(12-24-21(19)26(25-14)13-15-7-4-3-5-8-15)22(28)27(23(20)29)16-9-6-10-17(11-16)30-2/h3-12H,13H2,1-2H3. The van der Waals surface area contributed by atoms with Gasteiger partial charge in [0.2, 0.25) is 0 Å². The molecule has 5 rings (SSSR count). The number of pyridine rings is 1. The minimum atomic E-state index is -0.395. The number of ether oxygens (including phenoxy) is 1. The Bertz CT molecular complexity index is 1310. The first kappa shape index (κ1) is 18.1. The largest absolute Gasteiger partial charge is 0.497 e. The van der Waals surface area contributed by atoms with E-state index < -0.39 is 5.91 Å². The predicted molar refractivity (Wildman–Crippen MR) is 112 cm³/mol. The van der Waals surface area contributed by atoms with Crippen molar-refractivity contribution in [3.05, 3.63) is 83.2 Å². The first-order chi connectivity index (χ1) is 14.6. The van der Waals surface area contributed by atoms with Gasteiger partial charge < -0.3 is 4.74 Å². The Morgan fingerprint density at radius 2 is 1.80 bits per heavy atom. The number of carbonyl (C=O) groups is 2. The smallest absolute Gasteiger partial charge is 0.267 e. The second kappa shape index (κ2) is 6.81. The summed E-state index contributed by atoms with van der Waals surface area (Å²) in [5, 5.41) is 5.22. The lowest BCUT2D eigenvalue weighted by Crippen LogP contribution is -2.29. The van der Waals surface area contributed by atoms with E-state index in [4.69, 9.17) is 4.74 Å². The third-order valence-corrected chi connectivity index (χ3v) is 5.27. The Kier molecular flexibility index (Phi) is 4.10. The number of aryl methyl sites for hydroxylation is 1. The highest BCUT2D eigenvalue weighted by Crippen LogP contribution is 2.34. The van der Waals surface area contributed by atoms with Crippen LogP contribution in [0.2, 0.25) is 0 Å². The van der Waals surface area contributed by atoms with Gasteiger partial charge in [-0.3, -0.25) is 9.59 Å². The number of anilines is 1. The van der Waals surface area contributed by atoms with Crippen molar-refractivity contribution in [2.45, 2.75) is 13.5 Å². The topological polar surface area (TPSA) is 77.3 Å². The molecule has 0 unspecified atom stereocenters. The van der Waals surface area contributed by atoms with Crippen molar-refractivity contribution in [2.75, 3.05) is 12.0 Å². The highest BCUT2D eigenvalue weighted by molar-refractivity contribution is 6.37. The number of hydrogen-bond acceptors (Lipinski definition) is 5. The molecule has 0 saturated carbocycles. The molecule has 0 N–H and O–H groups in total. The number of aromatic nitrogens is 3. The maximum Gasteiger partial charge on any atom is 0.267 e. The molecule has 30 heavy (non-hydrogen) atoms. The van der Waals surface area contributed by atoms with Crippen molar-refractivity contribution >= 4 is 28.5 Å². The molecule has 7 nitrogen and oxygen atoms in total. The summed E-state index contributed by atoms with van der Waals surface area (Å²) >= 11 is 0. The summed E-state index contributed by atoms with van der Waals surface area (Å²) in [5.41, 5.74) is 3.43. The molecule has 0 bridgehead atoms. The number of imide groups is 1. The summed E-state index contributed by atoms with van der Waals surface area (Å²) in [6.07, 6.45) is 1.47. The van der Waals surface area contributed by atoms with Crippen LogP contribution in [-0.4, -0.2) is 33.7 Å². The predicted octanol–water partition coefficient (Wildman–Crippen LogP) is 3.60. The van der Waals surface area contributed by atoms with E-state index >= 15 is 0 Å². The lowest BCUT2D eigenvalue weighted by molar-refractivity contribution is 0.0926. The quantitative estimate of drug-likeness (QED) is 0.491. The molecule has 148 valence electrons. The summed E-state index contributed by atoms with van der Waals surface area (Å²) in [4.78, 5) is 32.1. The number of benzene rings is 2.